The molecule has 0 saturated heterocycles. The van der Waals surface area contributed by atoms with Gasteiger partial charge in [-0.15, -0.1) is 0 Å². The van der Waals surface area contributed by atoms with Crippen LogP contribution in [0.25, 0.3) is 0 Å². The van der Waals surface area contributed by atoms with Gasteiger partial charge in [0.15, 0.2) is 5.82 Å². The summed E-state index contributed by atoms with van der Waals surface area (Å²) in [5.74, 6) is 1.50. The first-order valence-electron chi connectivity index (χ1n) is 4.57. The lowest BCUT2D eigenvalue weighted by Gasteiger charge is -2.15. The molecule has 0 atom stereocenters. The molecule has 0 radical (unpaired) electrons. The summed E-state index contributed by atoms with van der Waals surface area (Å²) in [6, 6.07) is 0. The second-order valence-corrected chi connectivity index (χ2v) is 2.99. The molecule has 1 aliphatic heterocycles. The minimum atomic E-state index is 0.258. The lowest BCUT2D eigenvalue weighted by Crippen LogP contribution is -2.24. The number of nitrogens with zero attached hydrogens (tertiary/aromatic N) is 3. The predicted molar refractivity (Wildman–Crippen MR) is 54.6 cm³/mol. The van der Waals surface area contributed by atoms with Crippen molar-refractivity contribution < 1.29 is 9.47 Å². The van der Waals surface area contributed by atoms with Crippen molar-refractivity contribution in [3.05, 3.63) is 18.1 Å². The fraction of sp³-hybridized carbons (Fsp3) is 0.444. The van der Waals surface area contributed by atoms with Gasteiger partial charge >= 0.3 is 0 Å². The van der Waals surface area contributed by atoms with Crippen LogP contribution < -0.4 is 5.32 Å². The fourth-order valence-corrected chi connectivity index (χ4v) is 1.24. The second-order valence-electron chi connectivity index (χ2n) is 2.99. The summed E-state index contributed by atoms with van der Waals surface area (Å²) in [5, 5.41) is 3.05. The zero-order valence-electron chi connectivity index (χ0n) is 8.43. The van der Waals surface area contributed by atoms with E-state index in [1.165, 1.54) is 0 Å². The van der Waals surface area contributed by atoms with Gasteiger partial charge in [0.25, 0.3) is 0 Å². The number of anilines is 1. The SMILES string of the molecule is COCOCC1=NCc2nccnc2N1. The van der Waals surface area contributed by atoms with E-state index in [0.717, 1.165) is 17.3 Å². The van der Waals surface area contributed by atoms with Gasteiger partial charge in [-0.2, -0.15) is 0 Å². The minimum absolute atomic E-state index is 0.258. The Bertz CT molecular complexity index is 367. The van der Waals surface area contributed by atoms with E-state index in [2.05, 4.69) is 20.3 Å². The molecular formula is C9H12N4O2. The van der Waals surface area contributed by atoms with Gasteiger partial charge in [0.05, 0.1) is 6.54 Å². The zero-order chi connectivity index (χ0) is 10.5. The molecule has 80 valence electrons. The number of aromatic nitrogens is 2. The first kappa shape index (κ1) is 10.0. The smallest absolute Gasteiger partial charge is 0.155 e. The van der Waals surface area contributed by atoms with E-state index in [1.54, 1.807) is 19.5 Å². The normalized spacial score (nSPS) is 14.1. The largest absolute Gasteiger partial charge is 0.359 e. The monoisotopic (exact) mass is 208 g/mol. The average molecular weight is 208 g/mol. The van der Waals surface area contributed by atoms with Crippen LogP contribution in [-0.4, -0.2) is 36.3 Å². The molecule has 1 N–H and O–H groups in total. The maximum atomic E-state index is 5.17. The van der Waals surface area contributed by atoms with Crippen molar-refractivity contribution in [2.45, 2.75) is 6.54 Å². The molecule has 6 heteroatoms. The number of ether oxygens (including phenoxy) is 2. The van der Waals surface area contributed by atoms with Gasteiger partial charge in [-0.25, -0.2) is 4.98 Å². The fourth-order valence-electron chi connectivity index (χ4n) is 1.24. The highest BCUT2D eigenvalue weighted by Crippen LogP contribution is 2.13. The van der Waals surface area contributed by atoms with Crippen LogP contribution in [0.4, 0.5) is 5.82 Å². The molecular weight excluding hydrogens is 196 g/mol. The lowest BCUT2D eigenvalue weighted by molar-refractivity contribution is -0.0145. The van der Waals surface area contributed by atoms with Crippen molar-refractivity contribution in [1.29, 1.82) is 0 Å². The molecule has 2 rings (SSSR count). The Hall–Kier alpha value is -1.53. The Balaban J connectivity index is 1.94. The molecule has 0 spiro atoms. The number of rotatable bonds is 4. The van der Waals surface area contributed by atoms with E-state index >= 15 is 0 Å². The van der Waals surface area contributed by atoms with Crippen LogP contribution in [0, 0.1) is 0 Å². The van der Waals surface area contributed by atoms with Crippen LogP contribution in [0.1, 0.15) is 5.69 Å². The molecule has 0 bridgehead atoms. The molecule has 0 unspecified atom stereocenters. The van der Waals surface area contributed by atoms with E-state index < -0.39 is 0 Å². The lowest BCUT2D eigenvalue weighted by atomic mass is 10.3. The summed E-state index contributed by atoms with van der Waals surface area (Å²) in [4.78, 5) is 12.6. The Morgan fingerprint density at radius 3 is 3.13 bits per heavy atom. The van der Waals surface area contributed by atoms with Gasteiger partial charge in [-0.05, 0) is 0 Å². The van der Waals surface area contributed by atoms with Crippen LogP contribution in [0.15, 0.2) is 17.4 Å². The van der Waals surface area contributed by atoms with E-state index in [-0.39, 0.29) is 6.79 Å². The second kappa shape index (κ2) is 4.81. The molecule has 0 fully saturated rings. The van der Waals surface area contributed by atoms with E-state index in [4.69, 9.17) is 9.47 Å². The van der Waals surface area contributed by atoms with Crippen LogP contribution in [-0.2, 0) is 16.0 Å². The quantitative estimate of drug-likeness (QED) is 0.573. The maximum absolute atomic E-state index is 5.17. The summed E-state index contributed by atoms with van der Waals surface area (Å²) in [5.41, 5.74) is 0.855. The highest BCUT2D eigenvalue weighted by atomic mass is 16.7. The highest BCUT2D eigenvalue weighted by molar-refractivity contribution is 5.97. The standard InChI is InChI=1S/C9H12N4O2/c1-14-6-15-5-8-12-4-7-9(13-8)11-3-2-10-7/h2-3H,4-6H2,1H3,(H,11,12,13). The molecule has 2 heterocycles. The van der Waals surface area contributed by atoms with Gasteiger partial charge in [-0.1, -0.05) is 0 Å². The molecule has 1 aromatic heterocycles. The van der Waals surface area contributed by atoms with Crippen LogP contribution in [0.3, 0.4) is 0 Å². The van der Waals surface area contributed by atoms with Gasteiger partial charge in [-0.3, -0.25) is 9.98 Å². The van der Waals surface area contributed by atoms with E-state index in [1.807, 2.05) is 0 Å². The Kier molecular flexibility index (Phi) is 3.21. The molecule has 0 aromatic carbocycles. The van der Waals surface area contributed by atoms with Crippen molar-refractivity contribution >= 4 is 11.7 Å². The van der Waals surface area contributed by atoms with Crippen molar-refractivity contribution in [2.75, 3.05) is 25.8 Å². The third-order valence-corrected chi connectivity index (χ3v) is 1.90. The topological polar surface area (TPSA) is 68.6 Å². The molecule has 0 saturated carbocycles. The van der Waals surface area contributed by atoms with E-state index in [9.17, 15) is 0 Å². The number of nitrogens with one attached hydrogen (secondary N) is 1. The third kappa shape index (κ3) is 2.48. The first-order valence-corrected chi connectivity index (χ1v) is 4.57. The Morgan fingerprint density at radius 2 is 2.27 bits per heavy atom. The molecule has 1 aromatic rings. The summed E-state index contributed by atoms with van der Waals surface area (Å²) < 4.78 is 9.94. The van der Waals surface area contributed by atoms with Crippen molar-refractivity contribution in [2.24, 2.45) is 4.99 Å². The molecule has 0 aliphatic carbocycles. The van der Waals surface area contributed by atoms with Crippen LogP contribution in [0.5, 0.6) is 0 Å². The van der Waals surface area contributed by atoms with Gasteiger partial charge in [0, 0.05) is 19.5 Å². The van der Waals surface area contributed by atoms with Crippen LogP contribution in [0.2, 0.25) is 0 Å². The molecule has 1 aliphatic rings. The first-order chi connectivity index (χ1) is 7.40. The van der Waals surface area contributed by atoms with Gasteiger partial charge in [0.2, 0.25) is 0 Å². The number of aliphatic imine (C=N–C) groups is 1. The van der Waals surface area contributed by atoms with Crippen molar-refractivity contribution in [3.63, 3.8) is 0 Å². The number of fused-ring (bicyclic) bond motifs is 1. The molecule has 6 nitrogen and oxygen atoms in total. The summed E-state index contributed by atoms with van der Waals surface area (Å²) in [7, 11) is 1.58. The summed E-state index contributed by atoms with van der Waals surface area (Å²) in [6.45, 7) is 1.19. The average Bonchev–Trinajstić information content (AvgIpc) is 2.29. The minimum Gasteiger partial charge on any atom is -0.359 e. The Morgan fingerprint density at radius 1 is 1.40 bits per heavy atom. The van der Waals surface area contributed by atoms with Crippen LogP contribution >= 0.6 is 0 Å². The zero-order valence-corrected chi connectivity index (χ0v) is 8.43. The number of hydrogen-bond donors (Lipinski definition) is 1. The summed E-state index contributed by atoms with van der Waals surface area (Å²) >= 11 is 0. The Labute approximate surface area is 87.4 Å². The predicted octanol–water partition coefficient (Wildman–Crippen LogP) is 0.421. The molecule has 0 amide bonds. The van der Waals surface area contributed by atoms with Crippen molar-refractivity contribution in [1.82, 2.24) is 9.97 Å². The number of methoxy groups -OCH3 is 1. The number of amidine groups is 1. The number of hydrogen-bond acceptors (Lipinski definition) is 6. The molecule has 15 heavy (non-hydrogen) atoms. The third-order valence-electron chi connectivity index (χ3n) is 1.90. The van der Waals surface area contributed by atoms with Crippen molar-refractivity contribution in [3.8, 4) is 0 Å². The van der Waals surface area contributed by atoms with E-state index in [0.29, 0.717) is 13.2 Å². The maximum Gasteiger partial charge on any atom is 0.155 e. The highest BCUT2D eigenvalue weighted by Gasteiger charge is 2.12. The van der Waals surface area contributed by atoms with Gasteiger partial charge in [0.1, 0.15) is 24.9 Å². The van der Waals surface area contributed by atoms with Gasteiger partial charge < -0.3 is 14.8 Å². The summed E-state index contributed by atoms with van der Waals surface area (Å²) in [6.07, 6.45) is 3.30.